The number of nitrogens with zero attached hydrogens (tertiary/aromatic N) is 1. The molecule has 2 saturated carbocycles. The first-order chi connectivity index (χ1) is 10.7. The molecule has 2 aliphatic rings. The van der Waals surface area contributed by atoms with E-state index >= 15 is 0 Å². The topological polar surface area (TPSA) is 46.3 Å². The Bertz CT molecular complexity index is 536. The summed E-state index contributed by atoms with van der Waals surface area (Å²) in [4.78, 5) is 14.9. The molecule has 2 atom stereocenters. The average molecular weight is 341 g/mol. The van der Waals surface area contributed by atoms with Crippen LogP contribution in [0.2, 0.25) is 0 Å². The first kappa shape index (κ1) is 18.2. The van der Waals surface area contributed by atoms with Gasteiger partial charge in [-0.2, -0.15) is 0 Å². The largest absolute Gasteiger partial charge is 0.339 e. The molecule has 0 radical (unpaired) electrons. The van der Waals surface area contributed by atoms with Crippen LogP contribution in [0.5, 0.6) is 0 Å². The molecule has 1 amide bonds. The SMILES string of the molecule is Cl.NC[C@H]1CCC[C@H]1C(=O)N(CCc1cccc(F)c1)C1CC1. The average Bonchev–Trinajstić information content (AvgIpc) is 3.23. The van der Waals surface area contributed by atoms with Gasteiger partial charge in [-0.25, -0.2) is 4.39 Å². The monoisotopic (exact) mass is 340 g/mol. The van der Waals surface area contributed by atoms with E-state index in [2.05, 4.69) is 0 Å². The maximum Gasteiger partial charge on any atom is 0.226 e. The highest BCUT2D eigenvalue weighted by Gasteiger charge is 2.39. The van der Waals surface area contributed by atoms with Crippen LogP contribution in [-0.2, 0) is 11.2 Å². The van der Waals surface area contributed by atoms with Crippen molar-refractivity contribution in [2.45, 2.75) is 44.6 Å². The van der Waals surface area contributed by atoms with E-state index in [0.29, 0.717) is 25.0 Å². The number of carbonyl (C=O) groups excluding carboxylic acids is 1. The highest BCUT2D eigenvalue weighted by Crippen LogP contribution is 2.36. The van der Waals surface area contributed by atoms with Gasteiger partial charge < -0.3 is 10.6 Å². The van der Waals surface area contributed by atoms with Gasteiger partial charge in [0.05, 0.1) is 0 Å². The Balaban J connectivity index is 0.00000192. The summed E-state index contributed by atoms with van der Waals surface area (Å²) in [7, 11) is 0. The Labute approximate surface area is 143 Å². The van der Waals surface area contributed by atoms with Crippen LogP contribution in [0, 0.1) is 17.7 Å². The van der Waals surface area contributed by atoms with E-state index in [1.807, 2.05) is 11.0 Å². The van der Waals surface area contributed by atoms with Crippen molar-refractivity contribution in [3.63, 3.8) is 0 Å². The lowest BCUT2D eigenvalue weighted by molar-refractivity contribution is -0.137. The molecule has 0 saturated heterocycles. The molecule has 128 valence electrons. The molecular formula is C18H26ClFN2O. The van der Waals surface area contributed by atoms with Gasteiger partial charge in [0, 0.05) is 18.5 Å². The summed E-state index contributed by atoms with van der Waals surface area (Å²) in [6, 6.07) is 7.08. The van der Waals surface area contributed by atoms with Crippen LogP contribution in [0.15, 0.2) is 24.3 Å². The predicted octanol–water partition coefficient (Wildman–Crippen LogP) is 3.16. The molecular weight excluding hydrogens is 315 g/mol. The van der Waals surface area contributed by atoms with Gasteiger partial charge in [0.1, 0.15) is 5.82 Å². The Morgan fingerprint density at radius 3 is 2.70 bits per heavy atom. The van der Waals surface area contributed by atoms with Crippen molar-refractivity contribution in [3.8, 4) is 0 Å². The molecule has 0 unspecified atom stereocenters. The fourth-order valence-corrected chi connectivity index (χ4v) is 3.66. The predicted molar refractivity (Wildman–Crippen MR) is 92.0 cm³/mol. The summed E-state index contributed by atoms with van der Waals surface area (Å²) in [5.41, 5.74) is 6.78. The molecule has 5 heteroatoms. The molecule has 3 nitrogen and oxygen atoms in total. The van der Waals surface area contributed by atoms with Crippen LogP contribution in [0.3, 0.4) is 0 Å². The second-order valence-electron chi connectivity index (χ2n) is 6.68. The van der Waals surface area contributed by atoms with Crippen molar-refractivity contribution >= 4 is 18.3 Å². The third-order valence-electron chi connectivity index (χ3n) is 5.08. The van der Waals surface area contributed by atoms with Gasteiger partial charge in [0.25, 0.3) is 0 Å². The van der Waals surface area contributed by atoms with E-state index in [1.165, 1.54) is 6.07 Å². The molecule has 0 bridgehead atoms. The van der Waals surface area contributed by atoms with E-state index in [1.54, 1.807) is 12.1 Å². The van der Waals surface area contributed by atoms with Gasteiger partial charge in [-0.3, -0.25) is 4.79 Å². The Hall–Kier alpha value is -1.13. The standard InChI is InChI=1S/C18H25FN2O.ClH/c19-15-5-1-3-13(11-15)9-10-21(16-7-8-16)18(22)17-6-2-4-14(17)12-20;/h1,3,5,11,14,16-17H,2,4,6-10,12,20H2;1H/t14-,17-;/m1./s1. The normalized spacial score (nSPS) is 23.4. The molecule has 0 spiro atoms. The van der Waals surface area contributed by atoms with Gasteiger partial charge in [0.2, 0.25) is 5.91 Å². The number of halogens is 2. The second kappa shape index (κ2) is 8.11. The summed E-state index contributed by atoms with van der Waals surface area (Å²) in [5, 5.41) is 0. The van der Waals surface area contributed by atoms with Crippen LogP contribution in [-0.4, -0.2) is 29.9 Å². The van der Waals surface area contributed by atoms with Gasteiger partial charge in [0.15, 0.2) is 0 Å². The molecule has 0 heterocycles. The molecule has 0 aliphatic heterocycles. The molecule has 2 N–H and O–H groups in total. The molecule has 3 rings (SSSR count). The van der Waals surface area contributed by atoms with E-state index in [0.717, 1.165) is 44.1 Å². The lowest BCUT2D eigenvalue weighted by atomic mass is 9.94. The number of carbonyl (C=O) groups is 1. The zero-order valence-corrected chi connectivity index (χ0v) is 14.2. The summed E-state index contributed by atoms with van der Waals surface area (Å²) < 4.78 is 13.3. The minimum atomic E-state index is -0.208. The molecule has 2 fully saturated rings. The Morgan fingerprint density at radius 1 is 1.26 bits per heavy atom. The number of hydrogen-bond donors (Lipinski definition) is 1. The number of amides is 1. The first-order valence-corrected chi connectivity index (χ1v) is 8.44. The maximum absolute atomic E-state index is 13.3. The van der Waals surface area contributed by atoms with Crippen molar-refractivity contribution in [3.05, 3.63) is 35.6 Å². The lowest BCUT2D eigenvalue weighted by Gasteiger charge is -2.28. The molecule has 1 aromatic carbocycles. The molecule has 1 aromatic rings. The number of rotatable bonds is 6. The van der Waals surface area contributed by atoms with E-state index < -0.39 is 0 Å². The van der Waals surface area contributed by atoms with Crippen molar-refractivity contribution in [2.24, 2.45) is 17.6 Å². The van der Waals surface area contributed by atoms with Crippen molar-refractivity contribution < 1.29 is 9.18 Å². The van der Waals surface area contributed by atoms with E-state index in [9.17, 15) is 9.18 Å². The Morgan fingerprint density at radius 2 is 2.04 bits per heavy atom. The minimum Gasteiger partial charge on any atom is -0.339 e. The number of nitrogens with two attached hydrogens (primary N) is 1. The zero-order chi connectivity index (χ0) is 15.5. The van der Waals surface area contributed by atoms with Crippen molar-refractivity contribution in [1.82, 2.24) is 4.90 Å². The summed E-state index contributed by atoms with van der Waals surface area (Å²) >= 11 is 0. The smallest absolute Gasteiger partial charge is 0.226 e. The maximum atomic E-state index is 13.3. The third-order valence-corrected chi connectivity index (χ3v) is 5.08. The summed E-state index contributed by atoms with van der Waals surface area (Å²) in [5.74, 6) is 0.536. The van der Waals surface area contributed by atoms with Crippen LogP contribution in [0.25, 0.3) is 0 Å². The lowest BCUT2D eigenvalue weighted by Crippen LogP contribution is -2.41. The minimum absolute atomic E-state index is 0. The van der Waals surface area contributed by atoms with Crippen molar-refractivity contribution in [1.29, 1.82) is 0 Å². The third kappa shape index (κ3) is 4.45. The second-order valence-corrected chi connectivity index (χ2v) is 6.68. The fourth-order valence-electron chi connectivity index (χ4n) is 3.66. The van der Waals surface area contributed by atoms with Crippen LogP contribution < -0.4 is 5.73 Å². The Kier molecular flexibility index (Phi) is 6.42. The highest BCUT2D eigenvalue weighted by molar-refractivity contribution is 5.85. The molecule has 0 aromatic heterocycles. The van der Waals surface area contributed by atoms with Crippen molar-refractivity contribution in [2.75, 3.05) is 13.1 Å². The summed E-state index contributed by atoms with van der Waals surface area (Å²) in [6.45, 7) is 1.31. The van der Waals surface area contributed by atoms with Gasteiger partial charge in [-0.15, -0.1) is 12.4 Å². The van der Waals surface area contributed by atoms with Gasteiger partial charge in [-0.1, -0.05) is 18.6 Å². The highest BCUT2D eigenvalue weighted by atomic mass is 35.5. The number of benzene rings is 1. The first-order valence-electron chi connectivity index (χ1n) is 8.44. The van der Waals surface area contributed by atoms with E-state index in [-0.39, 0.29) is 30.0 Å². The molecule has 2 aliphatic carbocycles. The zero-order valence-electron chi connectivity index (χ0n) is 13.4. The van der Waals surface area contributed by atoms with E-state index in [4.69, 9.17) is 5.73 Å². The quantitative estimate of drug-likeness (QED) is 0.864. The number of hydrogen-bond acceptors (Lipinski definition) is 2. The van der Waals surface area contributed by atoms with Crippen LogP contribution >= 0.6 is 12.4 Å². The van der Waals surface area contributed by atoms with Gasteiger partial charge in [-0.05, 0) is 62.3 Å². The summed E-state index contributed by atoms with van der Waals surface area (Å²) in [6.07, 6.45) is 6.10. The molecule has 23 heavy (non-hydrogen) atoms. The fraction of sp³-hybridized carbons (Fsp3) is 0.611. The van der Waals surface area contributed by atoms with Crippen LogP contribution in [0.1, 0.15) is 37.7 Å². The van der Waals surface area contributed by atoms with Crippen LogP contribution in [0.4, 0.5) is 4.39 Å². The van der Waals surface area contributed by atoms with Gasteiger partial charge >= 0.3 is 0 Å².